The van der Waals surface area contributed by atoms with Crippen LogP contribution < -0.4 is 20.1 Å². The van der Waals surface area contributed by atoms with Crippen LogP contribution in [0.2, 0.25) is 0 Å². The van der Waals surface area contributed by atoms with Crippen LogP contribution in [0, 0.1) is 11.3 Å². The van der Waals surface area contributed by atoms with Gasteiger partial charge in [-0.25, -0.2) is 0 Å². The molecule has 0 spiro atoms. The van der Waals surface area contributed by atoms with Crippen LogP contribution >= 0.6 is 0 Å². The van der Waals surface area contributed by atoms with Crippen molar-refractivity contribution in [3.63, 3.8) is 0 Å². The Morgan fingerprint density at radius 1 is 1.42 bits per heavy atom. The van der Waals surface area contributed by atoms with Gasteiger partial charge in [-0.05, 0) is 31.0 Å². The van der Waals surface area contributed by atoms with Gasteiger partial charge in [-0.15, -0.1) is 0 Å². The molecule has 0 saturated heterocycles. The van der Waals surface area contributed by atoms with Gasteiger partial charge in [0.2, 0.25) is 6.79 Å². The minimum Gasteiger partial charge on any atom is -0.454 e. The average Bonchev–Trinajstić information content (AvgIpc) is 3.07. The summed E-state index contributed by atoms with van der Waals surface area (Å²) in [5.41, 5.74) is 0.904. The van der Waals surface area contributed by atoms with E-state index < -0.39 is 5.91 Å². The van der Waals surface area contributed by atoms with E-state index in [2.05, 4.69) is 10.6 Å². The van der Waals surface area contributed by atoms with E-state index in [0.29, 0.717) is 37.8 Å². The minimum absolute atomic E-state index is 0.0344. The quantitative estimate of drug-likeness (QED) is 0.404. The zero-order chi connectivity index (χ0) is 17.2. The maximum atomic E-state index is 12.0. The van der Waals surface area contributed by atoms with Crippen LogP contribution in [0.5, 0.6) is 11.5 Å². The molecule has 2 rings (SSSR count). The van der Waals surface area contributed by atoms with E-state index in [1.165, 1.54) is 6.20 Å². The summed E-state index contributed by atoms with van der Waals surface area (Å²) in [4.78, 5) is 12.0. The number of hydrogen-bond acceptors (Lipinski definition) is 6. The Balaban J connectivity index is 1.78. The van der Waals surface area contributed by atoms with E-state index in [4.69, 9.17) is 19.5 Å². The van der Waals surface area contributed by atoms with E-state index >= 15 is 0 Å². The first-order valence-corrected chi connectivity index (χ1v) is 7.82. The van der Waals surface area contributed by atoms with E-state index in [9.17, 15) is 4.79 Å². The van der Waals surface area contributed by atoms with Gasteiger partial charge in [-0.1, -0.05) is 6.07 Å². The summed E-state index contributed by atoms with van der Waals surface area (Å²) in [6.45, 7) is 4.42. The Morgan fingerprint density at radius 2 is 2.25 bits per heavy atom. The Morgan fingerprint density at radius 3 is 3.04 bits per heavy atom. The third-order valence-electron chi connectivity index (χ3n) is 3.32. The molecule has 0 radical (unpaired) electrons. The predicted octanol–water partition coefficient (Wildman–Crippen LogP) is 1.46. The fourth-order valence-electron chi connectivity index (χ4n) is 2.07. The number of nitriles is 1. The minimum atomic E-state index is -0.424. The average molecular weight is 331 g/mol. The largest absolute Gasteiger partial charge is 0.454 e. The third-order valence-corrected chi connectivity index (χ3v) is 3.32. The van der Waals surface area contributed by atoms with Gasteiger partial charge in [0.1, 0.15) is 11.6 Å². The molecule has 0 atom stereocenters. The van der Waals surface area contributed by atoms with E-state index in [1.54, 1.807) is 6.07 Å². The van der Waals surface area contributed by atoms with Gasteiger partial charge in [-0.3, -0.25) is 4.79 Å². The Kier molecular flexibility index (Phi) is 6.92. The molecular weight excluding hydrogens is 310 g/mol. The molecule has 1 aliphatic heterocycles. The lowest BCUT2D eigenvalue weighted by Crippen LogP contribution is -2.25. The summed E-state index contributed by atoms with van der Waals surface area (Å²) >= 11 is 0. The smallest absolute Gasteiger partial charge is 0.263 e. The number of ether oxygens (including phenoxy) is 3. The second kappa shape index (κ2) is 9.43. The molecule has 7 nitrogen and oxygen atoms in total. The number of hydrogen-bond donors (Lipinski definition) is 2. The fourth-order valence-corrected chi connectivity index (χ4v) is 2.07. The topological polar surface area (TPSA) is 92.6 Å². The number of nitrogens with one attached hydrogen (secondary N) is 2. The molecule has 1 aliphatic rings. The van der Waals surface area contributed by atoms with Crippen molar-refractivity contribution in [3.05, 3.63) is 35.5 Å². The number of carbonyl (C=O) groups excluding carboxylic acids is 1. The molecule has 2 N–H and O–H groups in total. The van der Waals surface area contributed by atoms with Crippen molar-refractivity contribution < 1.29 is 19.0 Å². The van der Waals surface area contributed by atoms with E-state index in [0.717, 1.165) is 12.0 Å². The molecule has 24 heavy (non-hydrogen) atoms. The zero-order valence-electron chi connectivity index (χ0n) is 13.6. The summed E-state index contributed by atoms with van der Waals surface area (Å²) in [5.74, 6) is 0.931. The van der Waals surface area contributed by atoms with Crippen molar-refractivity contribution in [1.29, 1.82) is 5.26 Å². The van der Waals surface area contributed by atoms with Gasteiger partial charge in [0, 0.05) is 32.5 Å². The molecule has 1 aromatic rings. The predicted molar refractivity (Wildman–Crippen MR) is 87.2 cm³/mol. The van der Waals surface area contributed by atoms with Crippen LogP contribution in [0.3, 0.4) is 0 Å². The lowest BCUT2D eigenvalue weighted by molar-refractivity contribution is -0.117. The van der Waals surface area contributed by atoms with Crippen molar-refractivity contribution in [3.8, 4) is 17.6 Å². The van der Waals surface area contributed by atoms with Crippen LogP contribution in [0.15, 0.2) is 30.0 Å². The molecule has 7 heteroatoms. The molecule has 0 unspecified atom stereocenters. The van der Waals surface area contributed by atoms with E-state index in [1.807, 2.05) is 25.1 Å². The molecule has 1 aromatic carbocycles. The van der Waals surface area contributed by atoms with Crippen molar-refractivity contribution in [2.75, 3.05) is 26.6 Å². The number of carbonyl (C=O) groups is 1. The highest BCUT2D eigenvalue weighted by atomic mass is 16.7. The first-order chi connectivity index (χ1) is 11.7. The summed E-state index contributed by atoms with van der Waals surface area (Å²) in [6, 6.07) is 7.34. The van der Waals surface area contributed by atoms with Crippen LogP contribution in [-0.4, -0.2) is 32.5 Å². The summed E-state index contributed by atoms with van der Waals surface area (Å²) < 4.78 is 15.7. The van der Waals surface area contributed by atoms with Crippen molar-refractivity contribution in [2.24, 2.45) is 0 Å². The maximum absolute atomic E-state index is 12.0. The molecule has 0 bridgehead atoms. The normalized spacial score (nSPS) is 12.6. The Bertz CT molecular complexity index is 637. The van der Waals surface area contributed by atoms with E-state index in [-0.39, 0.29) is 12.4 Å². The highest BCUT2D eigenvalue weighted by Gasteiger charge is 2.14. The lowest BCUT2D eigenvalue weighted by atomic mass is 10.2. The maximum Gasteiger partial charge on any atom is 0.263 e. The molecule has 0 aromatic heterocycles. The number of amides is 1. The third kappa shape index (κ3) is 5.18. The van der Waals surface area contributed by atoms with Gasteiger partial charge in [0.25, 0.3) is 5.91 Å². The van der Waals surface area contributed by atoms with Crippen LogP contribution in [0.1, 0.15) is 18.9 Å². The molecular formula is C17H21N3O4. The van der Waals surface area contributed by atoms with Gasteiger partial charge >= 0.3 is 0 Å². The molecule has 0 fully saturated rings. The molecule has 0 saturated carbocycles. The first kappa shape index (κ1) is 17.6. The van der Waals surface area contributed by atoms with Crippen molar-refractivity contribution in [1.82, 2.24) is 10.6 Å². The first-order valence-electron chi connectivity index (χ1n) is 7.82. The summed E-state index contributed by atoms with van der Waals surface area (Å²) in [7, 11) is 0. The zero-order valence-corrected chi connectivity index (χ0v) is 13.6. The number of nitrogens with zero attached hydrogens (tertiary/aromatic N) is 1. The fraction of sp³-hybridized carbons (Fsp3) is 0.412. The highest BCUT2D eigenvalue weighted by Crippen LogP contribution is 2.32. The van der Waals surface area contributed by atoms with Crippen molar-refractivity contribution >= 4 is 5.91 Å². The SMILES string of the molecule is CCOCCCN/C=C(/C#N)C(=O)NCc1ccc2c(c1)OCO2. The summed E-state index contributed by atoms with van der Waals surface area (Å²) in [5, 5.41) is 14.7. The van der Waals surface area contributed by atoms with Crippen LogP contribution in [0.25, 0.3) is 0 Å². The monoisotopic (exact) mass is 331 g/mol. The lowest BCUT2D eigenvalue weighted by Gasteiger charge is -2.06. The summed E-state index contributed by atoms with van der Waals surface area (Å²) in [6.07, 6.45) is 2.24. The Hall–Kier alpha value is -2.72. The Labute approximate surface area is 141 Å². The number of fused-ring (bicyclic) bond motifs is 1. The molecule has 0 aliphatic carbocycles. The second-order valence-corrected chi connectivity index (χ2v) is 5.04. The van der Waals surface area contributed by atoms with Crippen LogP contribution in [-0.2, 0) is 16.1 Å². The van der Waals surface area contributed by atoms with Gasteiger partial charge in [-0.2, -0.15) is 5.26 Å². The van der Waals surface area contributed by atoms with Gasteiger partial charge < -0.3 is 24.8 Å². The van der Waals surface area contributed by atoms with Gasteiger partial charge in [0.15, 0.2) is 11.5 Å². The van der Waals surface area contributed by atoms with Crippen molar-refractivity contribution in [2.45, 2.75) is 19.9 Å². The van der Waals surface area contributed by atoms with Gasteiger partial charge in [0.05, 0.1) is 0 Å². The number of benzene rings is 1. The molecule has 128 valence electrons. The highest BCUT2D eigenvalue weighted by molar-refractivity contribution is 5.97. The molecule has 1 heterocycles. The van der Waals surface area contributed by atoms with Crippen LogP contribution in [0.4, 0.5) is 0 Å². The second-order valence-electron chi connectivity index (χ2n) is 5.04. The number of rotatable bonds is 9. The molecule has 1 amide bonds. The standard InChI is InChI=1S/C17H21N3O4/c1-2-22-7-3-6-19-11-14(9-18)17(21)20-10-13-4-5-15-16(8-13)24-12-23-15/h4-5,8,11,19H,2-3,6-7,10,12H2,1H3,(H,20,21)/b14-11-.